The molecule has 1 aromatic carbocycles. The summed E-state index contributed by atoms with van der Waals surface area (Å²) in [5, 5.41) is 18.8. The lowest BCUT2D eigenvalue weighted by Crippen LogP contribution is -2.36. The second-order valence-corrected chi connectivity index (χ2v) is 3.61. The Bertz CT molecular complexity index is 493. The standard InChI is InChI=1S/C11H10O6/c1-5(12)17-9-4-16-8-3-6(13)2-7(14)10(8)11(9)15/h2-3,9,13-14H,4H2,1H3. The Balaban J connectivity index is 2.38. The normalized spacial score (nSPS) is 18.2. The summed E-state index contributed by atoms with van der Waals surface area (Å²) < 4.78 is 9.91. The molecule has 2 rings (SSSR count). The fourth-order valence-electron chi connectivity index (χ4n) is 1.64. The van der Waals surface area contributed by atoms with Crippen molar-refractivity contribution >= 4 is 11.8 Å². The number of ketones is 1. The molecule has 0 spiro atoms. The van der Waals surface area contributed by atoms with E-state index in [9.17, 15) is 19.8 Å². The van der Waals surface area contributed by atoms with E-state index in [0.717, 1.165) is 6.07 Å². The predicted molar refractivity (Wildman–Crippen MR) is 55.2 cm³/mol. The molecule has 90 valence electrons. The fourth-order valence-corrected chi connectivity index (χ4v) is 1.64. The van der Waals surface area contributed by atoms with Crippen molar-refractivity contribution in [2.45, 2.75) is 13.0 Å². The summed E-state index contributed by atoms with van der Waals surface area (Å²) in [4.78, 5) is 22.7. The van der Waals surface area contributed by atoms with Crippen LogP contribution < -0.4 is 4.74 Å². The van der Waals surface area contributed by atoms with Crippen LogP contribution in [0.15, 0.2) is 12.1 Å². The second kappa shape index (κ2) is 3.97. The molecule has 2 N–H and O–H groups in total. The van der Waals surface area contributed by atoms with Crippen molar-refractivity contribution in [3.63, 3.8) is 0 Å². The van der Waals surface area contributed by atoms with Gasteiger partial charge in [-0.25, -0.2) is 0 Å². The molecule has 0 fully saturated rings. The second-order valence-electron chi connectivity index (χ2n) is 3.61. The van der Waals surface area contributed by atoms with E-state index in [1.54, 1.807) is 0 Å². The van der Waals surface area contributed by atoms with Gasteiger partial charge in [0.2, 0.25) is 5.78 Å². The molecule has 0 saturated heterocycles. The van der Waals surface area contributed by atoms with E-state index >= 15 is 0 Å². The van der Waals surface area contributed by atoms with Gasteiger partial charge >= 0.3 is 5.97 Å². The van der Waals surface area contributed by atoms with Crippen LogP contribution in [0, 0.1) is 0 Å². The lowest BCUT2D eigenvalue weighted by Gasteiger charge is -2.24. The Morgan fingerprint density at radius 2 is 2.18 bits per heavy atom. The maximum Gasteiger partial charge on any atom is 0.303 e. The molecule has 1 unspecified atom stereocenters. The van der Waals surface area contributed by atoms with Gasteiger partial charge in [-0.1, -0.05) is 0 Å². The molecule has 0 radical (unpaired) electrons. The zero-order valence-electron chi connectivity index (χ0n) is 8.97. The lowest BCUT2D eigenvalue weighted by molar-refractivity contribution is -0.145. The van der Waals surface area contributed by atoms with Gasteiger partial charge in [0.15, 0.2) is 6.10 Å². The zero-order chi connectivity index (χ0) is 12.6. The van der Waals surface area contributed by atoms with Crippen molar-refractivity contribution in [2.75, 3.05) is 6.61 Å². The van der Waals surface area contributed by atoms with E-state index in [1.165, 1.54) is 13.0 Å². The van der Waals surface area contributed by atoms with Crippen LogP contribution in [0.5, 0.6) is 17.2 Å². The van der Waals surface area contributed by atoms with Crippen molar-refractivity contribution in [3.8, 4) is 17.2 Å². The maximum atomic E-state index is 11.9. The van der Waals surface area contributed by atoms with Crippen LogP contribution in [0.3, 0.4) is 0 Å². The van der Waals surface area contributed by atoms with Crippen LogP contribution in [-0.2, 0) is 9.53 Å². The summed E-state index contributed by atoms with van der Waals surface area (Å²) in [7, 11) is 0. The number of carbonyl (C=O) groups is 2. The van der Waals surface area contributed by atoms with Gasteiger partial charge in [-0.3, -0.25) is 9.59 Å². The molecule has 1 aliphatic rings. The molecule has 6 nitrogen and oxygen atoms in total. The van der Waals surface area contributed by atoms with Gasteiger partial charge in [0, 0.05) is 19.1 Å². The molecule has 0 saturated carbocycles. The highest BCUT2D eigenvalue weighted by Crippen LogP contribution is 2.36. The highest BCUT2D eigenvalue weighted by molar-refractivity contribution is 6.06. The average Bonchev–Trinajstić information content (AvgIpc) is 2.20. The van der Waals surface area contributed by atoms with E-state index in [4.69, 9.17) is 9.47 Å². The Morgan fingerprint density at radius 3 is 2.82 bits per heavy atom. The molecule has 1 heterocycles. The average molecular weight is 238 g/mol. The third-order valence-corrected chi connectivity index (χ3v) is 2.30. The Kier molecular flexibility index (Phi) is 2.63. The molecule has 1 aliphatic heterocycles. The first-order valence-corrected chi connectivity index (χ1v) is 4.89. The molecular formula is C11H10O6. The maximum absolute atomic E-state index is 11.9. The Labute approximate surface area is 96.4 Å². The van der Waals surface area contributed by atoms with E-state index in [2.05, 4.69) is 0 Å². The molecule has 0 aliphatic carbocycles. The van der Waals surface area contributed by atoms with Gasteiger partial charge in [0.05, 0.1) is 0 Å². The molecule has 0 amide bonds. The minimum absolute atomic E-state index is 0.0795. The van der Waals surface area contributed by atoms with Crippen LogP contribution in [0.2, 0.25) is 0 Å². The minimum atomic E-state index is -1.06. The number of hydrogen-bond acceptors (Lipinski definition) is 6. The first-order chi connectivity index (χ1) is 7.99. The number of hydrogen-bond donors (Lipinski definition) is 2. The topological polar surface area (TPSA) is 93.1 Å². The summed E-state index contributed by atoms with van der Waals surface area (Å²) in [6.07, 6.45) is -1.06. The summed E-state index contributed by atoms with van der Waals surface area (Å²) in [5.74, 6) is -1.68. The molecular weight excluding hydrogens is 228 g/mol. The Hall–Kier alpha value is -2.24. The number of Topliss-reactive ketones (excluding diaryl/α,β-unsaturated/α-hetero) is 1. The van der Waals surface area contributed by atoms with Gasteiger partial charge in [0.25, 0.3) is 0 Å². The largest absolute Gasteiger partial charge is 0.508 e. The van der Waals surface area contributed by atoms with Crippen molar-refractivity contribution in [1.29, 1.82) is 0 Å². The third-order valence-electron chi connectivity index (χ3n) is 2.30. The first kappa shape index (κ1) is 11.3. The molecule has 17 heavy (non-hydrogen) atoms. The van der Waals surface area contributed by atoms with Crippen LogP contribution in [0.1, 0.15) is 17.3 Å². The number of phenolic OH excluding ortho intramolecular Hbond substituents is 2. The van der Waals surface area contributed by atoms with Crippen molar-refractivity contribution < 1.29 is 29.3 Å². The van der Waals surface area contributed by atoms with Crippen LogP contribution >= 0.6 is 0 Å². The number of rotatable bonds is 1. The zero-order valence-corrected chi connectivity index (χ0v) is 8.97. The van der Waals surface area contributed by atoms with E-state index < -0.39 is 23.6 Å². The van der Waals surface area contributed by atoms with Crippen LogP contribution in [0.4, 0.5) is 0 Å². The van der Waals surface area contributed by atoms with E-state index in [-0.39, 0.29) is 23.7 Å². The summed E-state index contributed by atoms with van der Waals surface area (Å²) in [6.45, 7) is 1.05. The minimum Gasteiger partial charge on any atom is -0.508 e. The molecule has 0 bridgehead atoms. The summed E-state index contributed by atoms with van der Waals surface area (Å²) in [5.41, 5.74) is -0.0831. The number of fused-ring (bicyclic) bond motifs is 1. The molecule has 1 aromatic rings. The predicted octanol–water partition coefficient (Wildman–Crippen LogP) is 0.605. The highest BCUT2D eigenvalue weighted by Gasteiger charge is 2.34. The van der Waals surface area contributed by atoms with Crippen molar-refractivity contribution in [2.24, 2.45) is 0 Å². The number of carbonyl (C=O) groups excluding carboxylic acids is 2. The number of phenols is 2. The van der Waals surface area contributed by atoms with Gasteiger partial charge < -0.3 is 19.7 Å². The highest BCUT2D eigenvalue weighted by atomic mass is 16.6. The quantitative estimate of drug-likeness (QED) is 0.696. The smallest absolute Gasteiger partial charge is 0.303 e. The number of ether oxygens (including phenoxy) is 2. The first-order valence-electron chi connectivity index (χ1n) is 4.89. The van der Waals surface area contributed by atoms with Gasteiger partial charge in [-0.05, 0) is 0 Å². The van der Waals surface area contributed by atoms with E-state index in [0.29, 0.717) is 0 Å². The molecule has 0 aromatic heterocycles. The summed E-state index contributed by atoms with van der Waals surface area (Å²) in [6, 6.07) is 2.24. The van der Waals surface area contributed by atoms with Gasteiger partial charge in [0.1, 0.15) is 29.4 Å². The van der Waals surface area contributed by atoms with Crippen LogP contribution in [-0.4, -0.2) is 34.7 Å². The van der Waals surface area contributed by atoms with Gasteiger partial charge in [-0.2, -0.15) is 0 Å². The van der Waals surface area contributed by atoms with E-state index in [1.807, 2.05) is 0 Å². The van der Waals surface area contributed by atoms with Crippen molar-refractivity contribution in [3.05, 3.63) is 17.7 Å². The third kappa shape index (κ3) is 2.01. The summed E-state index contributed by atoms with van der Waals surface area (Å²) >= 11 is 0. The monoisotopic (exact) mass is 238 g/mol. The SMILES string of the molecule is CC(=O)OC1COc2cc(O)cc(O)c2C1=O. The lowest BCUT2D eigenvalue weighted by atomic mass is 10.0. The molecule has 1 atom stereocenters. The number of aromatic hydroxyl groups is 2. The van der Waals surface area contributed by atoms with Crippen molar-refractivity contribution in [1.82, 2.24) is 0 Å². The Morgan fingerprint density at radius 1 is 1.47 bits per heavy atom. The number of esters is 1. The number of benzene rings is 1. The fraction of sp³-hybridized carbons (Fsp3) is 0.273. The van der Waals surface area contributed by atoms with Gasteiger partial charge in [-0.15, -0.1) is 0 Å². The molecule has 6 heteroatoms. The van der Waals surface area contributed by atoms with Crippen LogP contribution in [0.25, 0.3) is 0 Å².